The zero-order valence-electron chi connectivity index (χ0n) is 13.9. The van der Waals surface area contributed by atoms with Crippen molar-refractivity contribution in [2.24, 2.45) is 0 Å². The van der Waals surface area contributed by atoms with Crippen molar-refractivity contribution in [3.05, 3.63) is 78.0 Å². The van der Waals surface area contributed by atoms with Gasteiger partial charge in [0.05, 0.1) is 5.69 Å². The van der Waals surface area contributed by atoms with E-state index in [1.807, 2.05) is 53.4 Å². The van der Waals surface area contributed by atoms with Gasteiger partial charge in [-0.2, -0.15) is 5.10 Å². The lowest BCUT2D eigenvalue weighted by Gasteiger charge is -2.34. The van der Waals surface area contributed by atoms with Gasteiger partial charge in [-0.1, -0.05) is 42.5 Å². The van der Waals surface area contributed by atoms with Gasteiger partial charge in [-0.25, -0.2) is 0 Å². The van der Waals surface area contributed by atoms with Crippen LogP contribution in [-0.2, 0) is 0 Å². The van der Waals surface area contributed by atoms with Crippen molar-refractivity contribution < 1.29 is 4.79 Å². The van der Waals surface area contributed by atoms with E-state index in [1.54, 1.807) is 6.20 Å². The summed E-state index contributed by atoms with van der Waals surface area (Å²) < 4.78 is 0. The Hall–Kier alpha value is -2.92. The van der Waals surface area contributed by atoms with Crippen LogP contribution >= 0.6 is 0 Å². The SMILES string of the molecule is O=C(c1ccc(-c2ccn[nH]2)cc1)N1CCN[C@H](c2ccccc2)C1. The van der Waals surface area contributed by atoms with Gasteiger partial charge in [-0.3, -0.25) is 9.89 Å². The molecule has 2 aromatic carbocycles. The molecule has 0 aliphatic carbocycles. The molecule has 0 bridgehead atoms. The highest BCUT2D eigenvalue weighted by atomic mass is 16.2. The van der Waals surface area contributed by atoms with Crippen molar-refractivity contribution in [1.29, 1.82) is 0 Å². The molecule has 2 heterocycles. The second kappa shape index (κ2) is 6.91. The molecular formula is C20H20N4O. The van der Waals surface area contributed by atoms with Crippen LogP contribution in [0.2, 0.25) is 0 Å². The van der Waals surface area contributed by atoms with Crippen LogP contribution in [0, 0.1) is 0 Å². The predicted molar refractivity (Wildman–Crippen MR) is 97.1 cm³/mol. The third kappa shape index (κ3) is 3.32. The number of amides is 1. The smallest absolute Gasteiger partial charge is 0.253 e. The molecule has 4 rings (SSSR count). The standard InChI is InChI=1S/C20H20N4O/c25-20(17-8-6-16(7-9-17)18-10-11-22-23-18)24-13-12-21-19(14-24)15-4-2-1-3-5-15/h1-11,19,21H,12-14H2,(H,22,23)/t19-/m0/s1. The topological polar surface area (TPSA) is 61.0 Å². The summed E-state index contributed by atoms with van der Waals surface area (Å²) in [4.78, 5) is 14.8. The molecule has 126 valence electrons. The monoisotopic (exact) mass is 332 g/mol. The van der Waals surface area contributed by atoms with Crippen LogP contribution in [-0.4, -0.2) is 40.6 Å². The average Bonchev–Trinajstić information content (AvgIpc) is 3.23. The van der Waals surface area contributed by atoms with Crippen LogP contribution in [0.15, 0.2) is 66.9 Å². The minimum absolute atomic E-state index is 0.0820. The Kier molecular flexibility index (Phi) is 4.31. The first-order valence-corrected chi connectivity index (χ1v) is 8.49. The van der Waals surface area contributed by atoms with Gasteiger partial charge < -0.3 is 10.2 Å². The van der Waals surface area contributed by atoms with Crippen molar-refractivity contribution in [3.63, 3.8) is 0 Å². The maximum Gasteiger partial charge on any atom is 0.253 e. The summed E-state index contributed by atoms with van der Waals surface area (Å²) in [6.07, 6.45) is 1.72. The highest BCUT2D eigenvalue weighted by molar-refractivity contribution is 5.94. The summed E-state index contributed by atoms with van der Waals surface area (Å²) in [5.74, 6) is 0.0820. The molecule has 0 unspecified atom stereocenters. The van der Waals surface area contributed by atoms with E-state index in [-0.39, 0.29) is 11.9 Å². The molecule has 1 amide bonds. The molecule has 1 saturated heterocycles. The first kappa shape index (κ1) is 15.6. The minimum Gasteiger partial charge on any atom is -0.335 e. The molecule has 5 nitrogen and oxygen atoms in total. The fourth-order valence-corrected chi connectivity index (χ4v) is 3.23. The molecule has 1 fully saturated rings. The van der Waals surface area contributed by atoms with Crippen molar-refractivity contribution in [3.8, 4) is 11.3 Å². The highest BCUT2D eigenvalue weighted by Crippen LogP contribution is 2.20. The van der Waals surface area contributed by atoms with Crippen LogP contribution in [0.3, 0.4) is 0 Å². The van der Waals surface area contributed by atoms with E-state index in [2.05, 4.69) is 27.6 Å². The zero-order valence-corrected chi connectivity index (χ0v) is 13.9. The maximum absolute atomic E-state index is 12.9. The van der Waals surface area contributed by atoms with Crippen LogP contribution < -0.4 is 5.32 Å². The number of nitrogens with zero attached hydrogens (tertiary/aromatic N) is 2. The summed E-state index contributed by atoms with van der Waals surface area (Å²) in [6.45, 7) is 2.22. The number of carbonyl (C=O) groups excluding carboxylic acids is 1. The third-order valence-corrected chi connectivity index (χ3v) is 4.61. The second-order valence-corrected chi connectivity index (χ2v) is 6.22. The van der Waals surface area contributed by atoms with Crippen LogP contribution in [0.5, 0.6) is 0 Å². The van der Waals surface area contributed by atoms with Crippen molar-refractivity contribution in [2.45, 2.75) is 6.04 Å². The molecule has 25 heavy (non-hydrogen) atoms. The molecule has 2 N–H and O–H groups in total. The quantitative estimate of drug-likeness (QED) is 0.775. The van der Waals surface area contributed by atoms with Gasteiger partial charge in [-0.15, -0.1) is 0 Å². The molecule has 0 spiro atoms. The number of rotatable bonds is 3. The zero-order chi connectivity index (χ0) is 17.1. The number of H-pyrrole nitrogens is 1. The summed E-state index contributed by atoms with van der Waals surface area (Å²) in [5.41, 5.74) is 3.91. The lowest BCUT2D eigenvalue weighted by atomic mass is 10.0. The van der Waals surface area contributed by atoms with E-state index in [4.69, 9.17) is 0 Å². The average molecular weight is 332 g/mol. The van der Waals surface area contributed by atoms with Crippen molar-refractivity contribution in [1.82, 2.24) is 20.4 Å². The number of nitrogens with one attached hydrogen (secondary N) is 2. The summed E-state index contributed by atoms with van der Waals surface area (Å²) in [5, 5.41) is 10.4. The van der Waals surface area contributed by atoms with Gasteiger partial charge in [-0.05, 0) is 29.3 Å². The van der Waals surface area contributed by atoms with Crippen LogP contribution in [0.4, 0.5) is 0 Å². The minimum atomic E-state index is 0.0820. The van der Waals surface area contributed by atoms with E-state index in [0.29, 0.717) is 6.54 Å². The number of hydrogen-bond donors (Lipinski definition) is 2. The first-order valence-electron chi connectivity index (χ1n) is 8.49. The number of benzene rings is 2. The molecular weight excluding hydrogens is 312 g/mol. The maximum atomic E-state index is 12.9. The van der Waals surface area contributed by atoms with Crippen LogP contribution in [0.25, 0.3) is 11.3 Å². The molecule has 3 aromatic rings. The summed E-state index contributed by atoms with van der Waals surface area (Å²) in [6, 6.07) is 20.1. The van der Waals surface area contributed by atoms with Gasteiger partial charge in [0.25, 0.3) is 5.91 Å². The molecule has 1 aliphatic heterocycles. The predicted octanol–water partition coefficient (Wildman–Crippen LogP) is 2.86. The van der Waals surface area contributed by atoms with E-state index >= 15 is 0 Å². The summed E-state index contributed by atoms with van der Waals surface area (Å²) >= 11 is 0. The van der Waals surface area contributed by atoms with Gasteiger partial charge >= 0.3 is 0 Å². The number of carbonyl (C=O) groups is 1. The Bertz CT molecular complexity index is 828. The van der Waals surface area contributed by atoms with Crippen molar-refractivity contribution >= 4 is 5.91 Å². The van der Waals surface area contributed by atoms with Gasteiger partial charge in [0, 0.05) is 37.4 Å². The Morgan fingerprint density at radius 3 is 2.56 bits per heavy atom. The van der Waals surface area contributed by atoms with E-state index < -0.39 is 0 Å². The molecule has 1 atom stereocenters. The van der Waals surface area contributed by atoms with Crippen molar-refractivity contribution in [2.75, 3.05) is 19.6 Å². The number of piperazine rings is 1. The molecule has 0 saturated carbocycles. The number of aromatic nitrogens is 2. The first-order chi connectivity index (χ1) is 12.3. The van der Waals surface area contributed by atoms with E-state index in [0.717, 1.165) is 29.9 Å². The normalized spacial score (nSPS) is 17.4. The second-order valence-electron chi connectivity index (χ2n) is 6.22. The van der Waals surface area contributed by atoms with Gasteiger partial charge in [0.2, 0.25) is 0 Å². The highest BCUT2D eigenvalue weighted by Gasteiger charge is 2.24. The van der Waals surface area contributed by atoms with E-state index in [9.17, 15) is 4.79 Å². The van der Waals surface area contributed by atoms with Gasteiger partial charge in [0.1, 0.15) is 0 Å². The Morgan fingerprint density at radius 2 is 1.84 bits per heavy atom. The van der Waals surface area contributed by atoms with Crippen LogP contribution in [0.1, 0.15) is 22.0 Å². The fraction of sp³-hybridized carbons (Fsp3) is 0.200. The summed E-state index contributed by atoms with van der Waals surface area (Å²) in [7, 11) is 0. The molecule has 5 heteroatoms. The van der Waals surface area contributed by atoms with E-state index in [1.165, 1.54) is 5.56 Å². The molecule has 0 radical (unpaired) electrons. The Labute approximate surface area is 146 Å². The van der Waals surface area contributed by atoms with Gasteiger partial charge in [0.15, 0.2) is 0 Å². The molecule has 1 aromatic heterocycles. The lowest BCUT2D eigenvalue weighted by Crippen LogP contribution is -2.48. The Morgan fingerprint density at radius 1 is 1.04 bits per heavy atom. The number of aromatic amines is 1. The number of hydrogen-bond acceptors (Lipinski definition) is 3. The molecule has 1 aliphatic rings. The third-order valence-electron chi connectivity index (χ3n) is 4.61. The largest absolute Gasteiger partial charge is 0.335 e. The fourth-order valence-electron chi connectivity index (χ4n) is 3.23. The Balaban J connectivity index is 1.48. The lowest BCUT2D eigenvalue weighted by molar-refractivity contribution is 0.0703.